The van der Waals surface area contributed by atoms with Crippen LogP contribution in [0.5, 0.6) is 0 Å². The average Bonchev–Trinajstić information content (AvgIpc) is 2.42. The van der Waals surface area contributed by atoms with Crippen LogP contribution < -0.4 is 0 Å². The molecular weight excluding hydrogens is 201 g/mol. The van der Waals surface area contributed by atoms with Gasteiger partial charge in [0.2, 0.25) is 0 Å². The van der Waals surface area contributed by atoms with E-state index in [1.54, 1.807) is 6.08 Å². The Hall–Kier alpha value is -0.990. The summed E-state index contributed by atoms with van der Waals surface area (Å²) in [6.07, 6.45) is 1.67. The van der Waals surface area contributed by atoms with Crippen LogP contribution in [-0.2, 0) is 0 Å². The SMILES string of the molecule is CC1=CC2=CC(C)(C(F)(F)F)CC=C2C1. The minimum atomic E-state index is -4.16. The third-order valence-electron chi connectivity index (χ3n) is 3.14. The molecule has 0 aliphatic heterocycles. The largest absolute Gasteiger partial charge is 0.397 e. The van der Waals surface area contributed by atoms with E-state index in [9.17, 15) is 13.2 Å². The first-order chi connectivity index (χ1) is 6.82. The summed E-state index contributed by atoms with van der Waals surface area (Å²) in [6, 6.07) is 0. The first-order valence-electron chi connectivity index (χ1n) is 4.98. The van der Waals surface area contributed by atoms with Gasteiger partial charge in [-0.2, -0.15) is 13.2 Å². The van der Waals surface area contributed by atoms with E-state index in [0.29, 0.717) is 0 Å². The Bertz CT molecular complexity index is 382. The van der Waals surface area contributed by atoms with Crippen LogP contribution in [0.25, 0.3) is 0 Å². The molecule has 2 aliphatic rings. The van der Waals surface area contributed by atoms with Gasteiger partial charge in [-0.1, -0.05) is 23.8 Å². The van der Waals surface area contributed by atoms with Crippen molar-refractivity contribution >= 4 is 0 Å². The molecule has 0 saturated carbocycles. The highest BCUT2D eigenvalue weighted by atomic mass is 19.4. The van der Waals surface area contributed by atoms with E-state index in [1.165, 1.54) is 13.0 Å². The van der Waals surface area contributed by atoms with Crippen molar-refractivity contribution in [3.8, 4) is 0 Å². The van der Waals surface area contributed by atoms with Gasteiger partial charge in [-0.3, -0.25) is 0 Å². The van der Waals surface area contributed by atoms with Crippen molar-refractivity contribution in [2.45, 2.75) is 32.9 Å². The Balaban J connectivity index is 2.38. The van der Waals surface area contributed by atoms with Gasteiger partial charge in [0.05, 0.1) is 5.41 Å². The van der Waals surface area contributed by atoms with Crippen LogP contribution in [0, 0.1) is 5.41 Å². The normalized spacial score (nSPS) is 30.6. The van der Waals surface area contributed by atoms with E-state index >= 15 is 0 Å². The van der Waals surface area contributed by atoms with Crippen molar-refractivity contribution in [3.63, 3.8) is 0 Å². The standard InChI is InChI=1S/C12H13F3/c1-8-5-9-3-4-11(2,12(13,14)15)7-10(9)6-8/h3,6-7H,4-5H2,1-2H3. The molecule has 0 amide bonds. The first-order valence-corrected chi connectivity index (χ1v) is 4.98. The molecule has 2 aliphatic carbocycles. The molecule has 2 rings (SSSR count). The highest BCUT2D eigenvalue weighted by Crippen LogP contribution is 2.48. The van der Waals surface area contributed by atoms with Crippen LogP contribution >= 0.6 is 0 Å². The molecule has 0 heterocycles. The Morgan fingerprint density at radius 1 is 1.33 bits per heavy atom. The monoisotopic (exact) mass is 214 g/mol. The molecule has 3 heteroatoms. The fourth-order valence-corrected chi connectivity index (χ4v) is 2.07. The van der Waals surface area contributed by atoms with Gasteiger partial charge >= 0.3 is 6.18 Å². The van der Waals surface area contributed by atoms with Crippen molar-refractivity contribution < 1.29 is 13.2 Å². The Labute approximate surface area is 87.2 Å². The van der Waals surface area contributed by atoms with E-state index < -0.39 is 11.6 Å². The topological polar surface area (TPSA) is 0 Å². The lowest BCUT2D eigenvalue weighted by Crippen LogP contribution is -2.34. The lowest BCUT2D eigenvalue weighted by Gasteiger charge is -2.31. The van der Waals surface area contributed by atoms with Crippen molar-refractivity contribution in [3.05, 3.63) is 34.9 Å². The molecule has 0 aromatic heterocycles. The van der Waals surface area contributed by atoms with Crippen molar-refractivity contribution in [1.29, 1.82) is 0 Å². The maximum Gasteiger partial charge on any atom is 0.397 e. The maximum atomic E-state index is 12.8. The molecule has 82 valence electrons. The van der Waals surface area contributed by atoms with Crippen molar-refractivity contribution in [1.82, 2.24) is 0 Å². The van der Waals surface area contributed by atoms with Gasteiger partial charge in [0.1, 0.15) is 0 Å². The zero-order valence-electron chi connectivity index (χ0n) is 8.78. The third-order valence-corrected chi connectivity index (χ3v) is 3.14. The summed E-state index contributed by atoms with van der Waals surface area (Å²) in [5, 5.41) is 0. The van der Waals surface area contributed by atoms with Gasteiger partial charge in [-0.15, -0.1) is 0 Å². The number of fused-ring (bicyclic) bond motifs is 1. The molecular formula is C12H13F3. The summed E-state index contributed by atoms with van der Waals surface area (Å²) in [6.45, 7) is 3.21. The van der Waals surface area contributed by atoms with Gasteiger partial charge < -0.3 is 0 Å². The quantitative estimate of drug-likeness (QED) is 0.568. The molecule has 0 radical (unpaired) electrons. The number of alkyl halides is 3. The molecule has 0 aromatic rings. The van der Waals surface area contributed by atoms with E-state index in [0.717, 1.165) is 23.1 Å². The zero-order valence-corrected chi connectivity index (χ0v) is 8.78. The van der Waals surface area contributed by atoms with E-state index in [1.807, 2.05) is 13.0 Å². The predicted octanol–water partition coefficient (Wildman–Crippen LogP) is 4.16. The second-order valence-corrected chi connectivity index (χ2v) is 4.62. The number of hydrogen-bond donors (Lipinski definition) is 0. The van der Waals surface area contributed by atoms with Crippen LogP contribution in [0.1, 0.15) is 26.7 Å². The number of allylic oxidation sites excluding steroid dienone is 6. The molecule has 0 aromatic carbocycles. The molecule has 1 unspecified atom stereocenters. The summed E-state index contributed by atoms with van der Waals surface area (Å²) in [4.78, 5) is 0. The van der Waals surface area contributed by atoms with Crippen LogP contribution in [-0.4, -0.2) is 6.18 Å². The maximum absolute atomic E-state index is 12.8. The number of rotatable bonds is 0. The van der Waals surface area contributed by atoms with Gasteiger partial charge in [-0.05, 0) is 37.8 Å². The fourth-order valence-electron chi connectivity index (χ4n) is 2.07. The van der Waals surface area contributed by atoms with E-state index in [4.69, 9.17) is 0 Å². The van der Waals surface area contributed by atoms with E-state index in [-0.39, 0.29) is 6.42 Å². The lowest BCUT2D eigenvalue weighted by molar-refractivity contribution is -0.199. The molecule has 1 atom stereocenters. The third kappa shape index (κ3) is 1.64. The minimum Gasteiger partial charge on any atom is -0.170 e. The molecule has 0 saturated heterocycles. The molecule has 0 fully saturated rings. The molecule has 0 spiro atoms. The smallest absolute Gasteiger partial charge is 0.170 e. The highest BCUT2D eigenvalue weighted by molar-refractivity contribution is 5.52. The fraction of sp³-hybridized carbons (Fsp3) is 0.500. The second-order valence-electron chi connectivity index (χ2n) is 4.62. The van der Waals surface area contributed by atoms with Crippen LogP contribution in [0.4, 0.5) is 13.2 Å². The first kappa shape index (κ1) is 10.5. The summed E-state index contributed by atoms with van der Waals surface area (Å²) in [5.41, 5.74) is 1.26. The molecule has 0 N–H and O–H groups in total. The average molecular weight is 214 g/mol. The van der Waals surface area contributed by atoms with Gasteiger partial charge in [0.15, 0.2) is 0 Å². The van der Waals surface area contributed by atoms with Gasteiger partial charge in [-0.25, -0.2) is 0 Å². The zero-order chi connectivity index (χ0) is 11.3. The molecule has 15 heavy (non-hydrogen) atoms. The number of halogens is 3. The van der Waals surface area contributed by atoms with E-state index in [2.05, 4.69) is 0 Å². The summed E-state index contributed by atoms with van der Waals surface area (Å²) >= 11 is 0. The summed E-state index contributed by atoms with van der Waals surface area (Å²) in [5.74, 6) is 0. The Kier molecular flexibility index (Phi) is 2.11. The Morgan fingerprint density at radius 3 is 2.60 bits per heavy atom. The van der Waals surface area contributed by atoms with Crippen LogP contribution in [0.15, 0.2) is 34.9 Å². The van der Waals surface area contributed by atoms with Crippen LogP contribution in [0.2, 0.25) is 0 Å². The highest BCUT2D eigenvalue weighted by Gasteiger charge is 2.50. The van der Waals surface area contributed by atoms with Crippen molar-refractivity contribution in [2.24, 2.45) is 5.41 Å². The van der Waals surface area contributed by atoms with Crippen LogP contribution in [0.3, 0.4) is 0 Å². The predicted molar refractivity (Wildman–Crippen MR) is 53.3 cm³/mol. The van der Waals surface area contributed by atoms with Gasteiger partial charge in [0.25, 0.3) is 0 Å². The number of hydrogen-bond acceptors (Lipinski definition) is 0. The minimum absolute atomic E-state index is 0.0659. The second kappa shape index (κ2) is 3.00. The lowest BCUT2D eigenvalue weighted by atomic mass is 9.79. The molecule has 0 bridgehead atoms. The van der Waals surface area contributed by atoms with Gasteiger partial charge in [0, 0.05) is 0 Å². The molecule has 0 nitrogen and oxygen atoms in total. The summed E-state index contributed by atoms with van der Waals surface area (Å²) in [7, 11) is 0. The summed E-state index contributed by atoms with van der Waals surface area (Å²) < 4.78 is 38.4. The Morgan fingerprint density at radius 2 is 2.00 bits per heavy atom. The van der Waals surface area contributed by atoms with Crippen molar-refractivity contribution in [2.75, 3.05) is 0 Å².